The summed E-state index contributed by atoms with van der Waals surface area (Å²) in [4.78, 5) is 23.5. The van der Waals surface area contributed by atoms with E-state index in [-0.39, 0.29) is 17.1 Å². The van der Waals surface area contributed by atoms with E-state index in [9.17, 15) is 23.1 Å². The molecule has 6 heteroatoms. The van der Waals surface area contributed by atoms with Gasteiger partial charge in [-0.25, -0.2) is 8.42 Å². The predicted molar refractivity (Wildman–Crippen MR) is 89.5 cm³/mol. The summed E-state index contributed by atoms with van der Waals surface area (Å²) in [5, 5.41) is 9.25. The molecule has 1 aliphatic rings. The number of carboxylic acid groups (broad SMARTS) is 1. The van der Waals surface area contributed by atoms with E-state index >= 15 is 0 Å². The molecule has 1 aliphatic carbocycles. The van der Waals surface area contributed by atoms with Crippen molar-refractivity contribution in [1.29, 1.82) is 0 Å². The zero-order chi connectivity index (χ0) is 17.3. The number of carbonyl (C=O) groups is 2. The Morgan fingerprint density at radius 3 is 2.54 bits per heavy atom. The van der Waals surface area contributed by atoms with Crippen molar-refractivity contribution in [1.82, 2.24) is 0 Å². The summed E-state index contributed by atoms with van der Waals surface area (Å²) < 4.78 is 26.2. The Bertz CT molecular complexity index is 895. The molecule has 0 amide bonds. The molecule has 3 rings (SSSR count). The lowest BCUT2D eigenvalue weighted by atomic mass is 9.86. The molecule has 1 N–H and O–H groups in total. The minimum atomic E-state index is -4.10. The highest BCUT2D eigenvalue weighted by Gasteiger charge is 2.42. The quantitative estimate of drug-likeness (QED) is 0.919. The SMILES string of the molecule is O=C1CCCC(C(C(=O)O)S(=O)(=O)c2cccc3ccccc23)C1. The number of carboxylic acids is 1. The van der Waals surface area contributed by atoms with E-state index in [0.717, 1.165) is 5.39 Å². The summed E-state index contributed by atoms with van der Waals surface area (Å²) >= 11 is 0. The van der Waals surface area contributed by atoms with Crippen molar-refractivity contribution in [3.05, 3.63) is 42.5 Å². The summed E-state index contributed by atoms with van der Waals surface area (Å²) in [7, 11) is -4.10. The van der Waals surface area contributed by atoms with Crippen LogP contribution in [0.25, 0.3) is 10.8 Å². The first-order chi connectivity index (χ1) is 11.4. The van der Waals surface area contributed by atoms with Crippen LogP contribution in [0.4, 0.5) is 0 Å². The molecular formula is C18H18O5S. The number of Topliss-reactive ketones (excluding diaryl/α,β-unsaturated/α-hetero) is 1. The van der Waals surface area contributed by atoms with Crippen molar-refractivity contribution < 1.29 is 23.1 Å². The summed E-state index contributed by atoms with van der Waals surface area (Å²) in [5.41, 5.74) is 0. The molecule has 2 unspecified atom stereocenters. The fraction of sp³-hybridized carbons (Fsp3) is 0.333. The van der Waals surface area contributed by atoms with E-state index in [0.29, 0.717) is 24.6 Å². The monoisotopic (exact) mass is 346 g/mol. The molecule has 1 fully saturated rings. The first-order valence-corrected chi connectivity index (χ1v) is 9.42. The fourth-order valence-electron chi connectivity index (χ4n) is 3.48. The molecular weight excluding hydrogens is 328 g/mol. The van der Waals surface area contributed by atoms with E-state index < -0.39 is 27.0 Å². The van der Waals surface area contributed by atoms with Gasteiger partial charge in [-0.3, -0.25) is 9.59 Å². The Hall–Kier alpha value is -2.21. The van der Waals surface area contributed by atoms with Crippen LogP contribution in [0.3, 0.4) is 0 Å². The molecule has 2 aromatic carbocycles. The van der Waals surface area contributed by atoms with Crippen LogP contribution in [0.5, 0.6) is 0 Å². The number of sulfone groups is 1. The topological polar surface area (TPSA) is 88.5 Å². The first-order valence-electron chi connectivity index (χ1n) is 7.87. The van der Waals surface area contributed by atoms with Gasteiger partial charge in [0, 0.05) is 18.2 Å². The van der Waals surface area contributed by atoms with Crippen LogP contribution in [0.1, 0.15) is 25.7 Å². The standard InChI is InChI=1S/C18H18O5S/c19-14-8-3-7-13(11-14)17(18(20)21)24(22,23)16-10-4-6-12-5-1-2-9-15(12)16/h1-2,4-6,9-10,13,17H,3,7-8,11H2,(H,20,21). The van der Waals surface area contributed by atoms with Crippen molar-refractivity contribution in [2.75, 3.05) is 0 Å². The van der Waals surface area contributed by atoms with Gasteiger partial charge in [0.15, 0.2) is 15.1 Å². The molecule has 24 heavy (non-hydrogen) atoms. The number of carbonyl (C=O) groups excluding carboxylic acids is 1. The van der Waals surface area contributed by atoms with Crippen LogP contribution in [0.2, 0.25) is 0 Å². The second-order valence-electron chi connectivity index (χ2n) is 6.18. The van der Waals surface area contributed by atoms with Crippen LogP contribution in [-0.4, -0.2) is 30.5 Å². The lowest BCUT2D eigenvalue weighted by molar-refractivity contribution is -0.138. The van der Waals surface area contributed by atoms with Gasteiger partial charge in [-0.2, -0.15) is 0 Å². The number of rotatable bonds is 4. The lowest BCUT2D eigenvalue weighted by Gasteiger charge is -2.27. The molecule has 0 saturated heterocycles. The summed E-state index contributed by atoms with van der Waals surface area (Å²) in [6.45, 7) is 0. The smallest absolute Gasteiger partial charge is 0.322 e. The number of hydrogen-bond donors (Lipinski definition) is 1. The Balaban J connectivity index is 2.12. The maximum atomic E-state index is 13.1. The van der Waals surface area contributed by atoms with Gasteiger partial charge >= 0.3 is 5.97 Å². The predicted octanol–water partition coefficient (Wildman–Crippen LogP) is 2.83. The third-order valence-electron chi connectivity index (χ3n) is 4.58. The molecule has 5 nitrogen and oxygen atoms in total. The van der Waals surface area contributed by atoms with Gasteiger partial charge in [0.05, 0.1) is 4.90 Å². The molecule has 1 saturated carbocycles. The Kier molecular flexibility index (Phi) is 4.41. The third kappa shape index (κ3) is 2.94. The summed E-state index contributed by atoms with van der Waals surface area (Å²) in [6.07, 6.45) is 1.39. The molecule has 0 bridgehead atoms. The van der Waals surface area contributed by atoms with E-state index in [2.05, 4.69) is 0 Å². The minimum Gasteiger partial charge on any atom is -0.480 e. The molecule has 0 spiro atoms. The van der Waals surface area contributed by atoms with Crippen molar-refractivity contribution in [3.8, 4) is 0 Å². The normalized spacial score (nSPS) is 20.0. The van der Waals surface area contributed by atoms with E-state index in [4.69, 9.17) is 0 Å². The maximum Gasteiger partial charge on any atom is 0.322 e. The Labute approximate surface area is 140 Å². The zero-order valence-corrected chi connectivity index (χ0v) is 13.8. The van der Waals surface area contributed by atoms with E-state index in [1.165, 1.54) is 6.07 Å². The van der Waals surface area contributed by atoms with Crippen LogP contribution in [-0.2, 0) is 19.4 Å². The number of fused-ring (bicyclic) bond motifs is 1. The molecule has 126 valence electrons. The number of aliphatic carboxylic acids is 1. The Morgan fingerprint density at radius 1 is 1.12 bits per heavy atom. The molecule has 2 atom stereocenters. The third-order valence-corrected chi connectivity index (χ3v) is 6.81. The van der Waals surface area contributed by atoms with Gasteiger partial charge in [0.25, 0.3) is 0 Å². The minimum absolute atomic E-state index is 0.0148. The van der Waals surface area contributed by atoms with E-state index in [1.807, 2.05) is 0 Å². The van der Waals surface area contributed by atoms with Crippen molar-refractivity contribution in [3.63, 3.8) is 0 Å². The highest BCUT2D eigenvalue weighted by atomic mass is 32.2. The highest BCUT2D eigenvalue weighted by molar-refractivity contribution is 7.93. The Morgan fingerprint density at radius 2 is 1.83 bits per heavy atom. The van der Waals surface area contributed by atoms with Crippen LogP contribution in [0.15, 0.2) is 47.4 Å². The fourth-order valence-corrected chi connectivity index (χ4v) is 5.52. The van der Waals surface area contributed by atoms with Gasteiger partial charge in [-0.1, -0.05) is 36.4 Å². The molecule has 0 heterocycles. The largest absolute Gasteiger partial charge is 0.480 e. The van der Waals surface area contributed by atoms with Gasteiger partial charge < -0.3 is 5.11 Å². The average Bonchev–Trinajstić information content (AvgIpc) is 2.54. The summed E-state index contributed by atoms with van der Waals surface area (Å²) in [6, 6.07) is 11.8. The second kappa shape index (κ2) is 6.36. The van der Waals surface area contributed by atoms with Crippen molar-refractivity contribution >= 4 is 32.4 Å². The van der Waals surface area contributed by atoms with Crippen molar-refractivity contribution in [2.45, 2.75) is 35.8 Å². The maximum absolute atomic E-state index is 13.1. The van der Waals surface area contributed by atoms with Gasteiger partial charge in [-0.05, 0) is 30.2 Å². The van der Waals surface area contributed by atoms with Gasteiger partial charge in [0.1, 0.15) is 5.78 Å². The lowest BCUT2D eigenvalue weighted by Crippen LogP contribution is -2.40. The second-order valence-corrected chi connectivity index (χ2v) is 8.21. The summed E-state index contributed by atoms with van der Waals surface area (Å²) in [5.74, 6) is -2.12. The molecule has 0 radical (unpaired) electrons. The van der Waals surface area contributed by atoms with Crippen LogP contribution < -0.4 is 0 Å². The number of benzene rings is 2. The molecule has 0 aromatic heterocycles. The number of ketones is 1. The number of hydrogen-bond acceptors (Lipinski definition) is 4. The first kappa shape index (κ1) is 16.6. The van der Waals surface area contributed by atoms with Crippen LogP contribution in [0, 0.1) is 5.92 Å². The molecule has 2 aromatic rings. The van der Waals surface area contributed by atoms with Crippen LogP contribution >= 0.6 is 0 Å². The highest BCUT2D eigenvalue weighted by Crippen LogP contribution is 2.34. The van der Waals surface area contributed by atoms with Gasteiger partial charge in [0.2, 0.25) is 0 Å². The zero-order valence-electron chi connectivity index (χ0n) is 13.0. The van der Waals surface area contributed by atoms with E-state index in [1.54, 1.807) is 36.4 Å². The average molecular weight is 346 g/mol. The van der Waals surface area contributed by atoms with Gasteiger partial charge in [-0.15, -0.1) is 0 Å². The van der Waals surface area contributed by atoms with Crippen molar-refractivity contribution in [2.24, 2.45) is 5.92 Å². The molecule has 0 aliphatic heterocycles.